The molecule has 0 unspecified atom stereocenters. The molecular weight excluding hydrogens is 143 g/mol. The zero-order valence-electron chi connectivity index (χ0n) is 7.46. The van der Waals surface area contributed by atoms with Crippen LogP contribution < -0.4 is 18.9 Å². The van der Waals surface area contributed by atoms with Crippen LogP contribution in [0.5, 0.6) is 0 Å². The van der Waals surface area contributed by atoms with E-state index in [1.54, 1.807) is 0 Å². The maximum absolute atomic E-state index is 2.00. The maximum atomic E-state index is 2.00. The average molecular weight is 158 g/mol. The van der Waals surface area contributed by atoms with E-state index in [-0.39, 0.29) is 37.4 Å². The first-order chi connectivity index (χ1) is 2.83. The van der Waals surface area contributed by atoms with Gasteiger partial charge in [-0.1, -0.05) is 0 Å². The van der Waals surface area contributed by atoms with Crippen molar-refractivity contribution in [2.75, 3.05) is 0 Å². The predicted octanol–water partition coefficient (Wildman–Crippen LogP) is -0.425. The van der Waals surface area contributed by atoms with E-state index in [0.717, 1.165) is 0 Å². The smallest absolute Gasteiger partial charge is 1.00 e. The van der Waals surface area contributed by atoms with Gasteiger partial charge < -0.3 is 14.3 Å². The van der Waals surface area contributed by atoms with Crippen LogP contribution in [0, 0.1) is 12.8 Å². The number of hydrogen-bond acceptors (Lipinski definition) is 0. The van der Waals surface area contributed by atoms with Gasteiger partial charge in [-0.3, -0.25) is 0 Å². The van der Waals surface area contributed by atoms with E-state index >= 15 is 0 Å². The van der Waals surface area contributed by atoms with E-state index in [0.29, 0.717) is 0 Å². The molecule has 0 aromatic rings. The molecule has 8 heavy (non-hydrogen) atoms. The van der Waals surface area contributed by atoms with Crippen molar-refractivity contribution in [1.82, 2.24) is 0 Å². The minimum absolute atomic E-state index is 0. The molecule has 0 saturated carbocycles. The molecule has 0 nitrogen and oxygen atoms in total. The van der Waals surface area contributed by atoms with E-state index in [4.69, 9.17) is 0 Å². The Morgan fingerprint density at radius 1 is 0.875 bits per heavy atom. The van der Waals surface area contributed by atoms with Crippen LogP contribution in [0.1, 0.15) is 29.1 Å². The number of rotatable bonds is 0. The summed E-state index contributed by atoms with van der Waals surface area (Å²) in [6.45, 7) is 8.00. The van der Waals surface area contributed by atoms with Gasteiger partial charge >= 0.3 is 35.9 Å². The monoisotopic (exact) mass is 157 g/mol. The molecule has 0 aliphatic rings. The Kier molecular flexibility index (Phi) is 121. The summed E-state index contributed by atoms with van der Waals surface area (Å²) in [6.07, 6.45) is 4.00. The minimum Gasteiger partial charge on any atom is -1.00 e. The molecule has 0 rings (SSSR count). The van der Waals surface area contributed by atoms with Gasteiger partial charge in [-0.15, -0.1) is 0 Å². The summed E-state index contributed by atoms with van der Waals surface area (Å²) in [4.78, 5) is 0. The van der Waals surface area contributed by atoms with Crippen LogP contribution in [0.15, 0.2) is 0 Å². The SMILES string of the molecule is C[CH-]C.C[CH-]C.[Cu+2].[H-].[Li+]. The van der Waals surface area contributed by atoms with Crippen molar-refractivity contribution in [2.45, 2.75) is 27.7 Å². The Hall–Kier alpha value is 1.12. The van der Waals surface area contributed by atoms with E-state index < -0.39 is 0 Å². The third kappa shape index (κ3) is 213. The van der Waals surface area contributed by atoms with Gasteiger partial charge in [-0.2, -0.15) is 27.7 Å². The van der Waals surface area contributed by atoms with Gasteiger partial charge in [0.05, 0.1) is 0 Å². The normalized spacial score (nSPS) is 4.50. The fourth-order valence-corrected chi connectivity index (χ4v) is 0. The molecule has 0 aliphatic heterocycles. The first kappa shape index (κ1) is 22.9. The van der Waals surface area contributed by atoms with Crippen LogP contribution in [0.4, 0.5) is 0 Å². The molecule has 0 aromatic carbocycles. The third-order valence-corrected chi connectivity index (χ3v) is 0. The average Bonchev–Trinajstić information content (AvgIpc) is 1.39. The summed E-state index contributed by atoms with van der Waals surface area (Å²) in [6, 6.07) is 0. The summed E-state index contributed by atoms with van der Waals surface area (Å²) in [5, 5.41) is 0. The van der Waals surface area contributed by atoms with Crippen LogP contribution in [0.2, 0.25) is 0 Å². The van der Waals surface area contributed by atoms with Crippen LogP contribution in [-0.2, 0) is 17.1 Å². The van der Waals surface area contributed by atoms with Gasteiger partial charge in [-0.25, -0.2) is 0 Å². The summed E-state index contributed by atoms with van der Waals surface area (Å²) < 4.78 is 0. The molecule has 0 heterocycles. The van der Waals surface area contributed by atoms with Gasteiger partial charge in [0.25, 0.3) is 0 Å². The molecule has 0 atom stereocenters. The van der Waals surface area contributed by atoms with Crippen molar-refractivity contribution in [3.8, 4) is 0 Å². The van der Waals surface area contributed by atoms with Crippen molar-refractivity contribution in [3.63, 3.8) is 0 Å². The van der Waals surface area contributed by atoms with Gasteiger partial charge in [-0.05, 0) is 0 Å². The van der Waals surface area contributed by atoms with E-state index in [1.165, 1.54) is 0 Å². The van der Waals surface area contributed by atoms with Crippen molar-refractivity contribution in [1.29, 1.82) is 0 Å². The second kappa shape index (κ2) is 42.3. The Morgan fingerprint density at radius 3 is 0.875 bits per heavy atom. The summed E-state index contributed by atoms with van der Waals surface area (Å²) in [5.74, 6) is 0. The first-order valence-electron chi connectivity index (χ1n) is 2.31. The Labute approximate surface area is 77.9 Å². The van der Waals surface area contributed by atoms with Crippen molar-refractivity contribution >= 4 is 0 Å². The molecule has 0 bridgehead atoms. The fourth-order valence-electron chi connectivity index (χ4n) is 0. The van der Waals surface area contributed by atoms with Crippen molar-refractivity contribution in [3.05, 3.63) is 12.8 Å². The largest absolute Gasteiger partial charge is 2.00 e. The molecule has 2 heteroatoms. The summed E-state index contributed by atoms with van der Waals surface area (Å²) in [7, 11) is 0. The van der Waals surface area contributed by atoms with Crippen molar-refractivity contribution < 1.29 is 37.4 Å². The standard InChI is InChI=1S/2C3H7.Cu.Li.H/c2*1-3-2;;;/h2*3H,1-2H3;;;/q2*-1;+2;+1;-1. The molecule has 0 saturated heterocycles. The van der Waals surface area contributed by atoms with E-state index in [2.05, 4.69) is 0 Å². The van der Waals surface area contributed by atoms with Crippen molar-refractivity contribution in [2.24, 2.45) is 0 Å². The fraction of sp³-hybridized carbons (Fsp3) is 0.667. The minimum atomic E-state index is 0. The molecule has 51 valence electrons. The van der Waals surface area contributed by atoms with E-state index in [1.807, 2.05) is 40.5 Å². The zero-order valence-corrected chi connectivity index (χ0v) is 7.40. The molecule has 0 aliphatic carbocycles. The van der Waals surface area contributed by atoms with Gasteiger partial charge in [0, 0.05) is 0 Å². The van der Waals surface area contributed by atoms with Crippen LogP contribution in [0.3, 0.4) is 0 Å². The quantitative estimate of drug-likeness (QED) is 0.331. The topological polar surface area (TPSA) is 0 Å². The van der Waals surface area contributed by atoms with Crippen LogP contribution in [0.25, 0.3) is 0 Å². The van der Waals surface area contributed by atoms with Crippen LogP contribution in [-0.4, -0.2) is 0 Å². The Balaban J connectivity index is -0.00000000889. The summed E-state index contributed by atoms with van der Waals surface area (Å²) >= 11 is 0. The second-order valence-electron chi connectivity index (χ2n) is 1.15. The Morgan fingerprint density at radius 2 is 0.875 bits per heavy atom. The van der Waals surface area contributed by atoms with Gasteiger partial charge in [0.15, 0.2) is 0 Å². The summed E-state index contributed by atoms with van der Waals surface area (Å²) in [5.41, 5.74) is 0. The van der Waals surface area contributed by atoms with Crippen LogP contribution >= 0.6 is 0 Å². The third-order valence-electron chi connectivity index (χ3n) is 0. The molecule has 1 radical (unpaired) electrons. The second-order valence-corrected chi connectivity index (χ2v) is 1.15. The molecule has 0 amide bonds. The maximum Gasteiger partial charge on any atom is 2.00 e. The molecular formula is C6H15CuLi. The van der Waals surface area contributed by atoms with E-state index in [9.17, 15) is 0 Å². The zero-order chi connectivity index (χ0) is 5.41. The molecule has 0 spiro atoms. The first-order valence-corrected chi connectivity index (χ1v) is 2.31. The molecule has 0 aromatic heterocycles. The molecule has 0 N–H and O–H groups in total. The molecule has 0 fully saturated rings. The van der Waals surface area contributed by atoms with Gasteiger partial charge in [0.2, 0.25) is 0 Å². The predicted molar refractivity (Wildman–Crippen MR) is 32.4 cm³/mol. The Bertz CT molecular complexity index is 15.0. The number of hydrogen-bond donors (Lipinski definition) is 0. The van der Waals surface area contributed by atoms with Gasteiger partial charge in [0.1, 0.15) is 0 Å².